The summed E-state index contributed by atoms with van der Waals surface area (Å²) in [5.41, 5.74) is 5.27. The Labute approximate surface area is 118 Å². The van der Waals surface area contributed by atoms with Crippen LogP contribution >= 0.6 is 0 Å². The van der Waals surface area contributed by atoms with E-state index in [-0.39, 0.29) is 23.7 Å². The fourth-order valence-corrected chi connectivity index (χ4v) is 2.39. The third kappa shape index (κ3) is 2.17. The van der Waals surface area contributed by atoms with Gasteiger partial charge in [0.2, 0.25) is 5.95 Å². The van der Waals surface area contributed by atoms with Gasteiger partial charge in [-0.05, 0) is 0 Å². The molecule has 114 valence electrons. The Kier molecular flexibility index (Phi) is 3.37. The molecule has 1 saturated heterocycles. The molecule has 0 bridgehead atoms. The van der Waals surface area contributed by atoms with Crippen molar-refractivity contribution in [2.24, 2.45) is 0 Å². The van der Waals surface area contributed by atoms with E-state index in [0.717, 1.165) is 0 Å². The van der Waals surface area contributed by atoms with Crippen LogP contribution in [0.2, 0.25) is 0 Å². The van der Waals surface area contributed by atoms with Crippen molar-refractivity contribution >= 4 is 17.1 Å². The Balaban J connectivity index is 2.03. The van der Waals surface area contributed by atoms with Gasteiger partial charge in [-0.2, -0.15) is 4.98 Å². The molecule has 1 aliphatic rings. The number of hydrogen-bond acceptors (Lipinski definition) is 8. The fourth-order valence-electron chi connectivity index (χ4n) is 2.39. The van der Waals surface area contributed by atoms with Crippen LogP contribution in [0.1, 0.15) is 6.23 Å². The van der Waals surface area contributed by atoms with Crippen LogP contribution in [0, 0.1) is 0 Å². The fraction of sp³-hybridized carbons (Fsp3) is 0.545. The maximum atomic E-state index is 11.7. The van der Waals surface area contributed by atoms with Gasteiger partial charge in [0, 0.05) is 7.11 Å². The molecular weight excluding hydrogens is 282 g/mol. The van der Waals surface area contributed by atoms with Gasteiger partial charge in [-0.15, -0.1) is 0 Å². The van der Waals surface area contributed by atoms with Crippen molar-refractivity contribution in [1.82, 2.24) is 19.5 Å². The number of nitrogen functional groups attached to an aromatic ring is 1. The van der Waals surface area contributed by atoms with Crippen LogP contribution < -0.4 is 11.3 Å². The predicted molar refractivity (Wildman–Crippen MR) is 70.4 cm³/mol. The van der Waals surface area contributed by atoms with Crippen molar-refractivity contribution in [1.29, 1.82) is 0 Å². The van der Waals surface area contributed by atoms with Gasteiger partial charge in [-0.25, -0.2) is 4.98 Å². The molecule has 21 heavy (non-hydrogen) atoms. The smallest absolute Gasteiger partial charge is 0.280 e. The summed E-state index contributed by atoms with van der Waals surface area (Å²) in [6.07, 6.45) is -2.63. The molecule has 2 aromatic rings. The lowest BCUT2D eigenvalue weighted by Crippen LogP contribution is -2.33. The van der Waals surface area contributed by atoms with Crippen LogP contribution in [-0.4, -0.2) is 61.8 Å². The van der Waals surface area contributed by atoms with Gasteiger partial charge in [-0.3, -0.25) is 14.3 Å². The molecule has 10 nitrogen and oxygen atoms in total. The summed E-state index contributed by atoms with van der Waals surface area (Å²) in [5, 5.41) is 20.0. The van der Waals surface area contributed by atoms with Gasteiger partial charge >= 0.3 is 0 Å². The van der Waals surface area contributed by atoms with Gasteiger partial charge in [0.05, 0.1) is 12.9 Å². The lowest BCUT2D eigenvalue weighted by atomic mass is 10.1. The number of aromatic nitrogens is 4. The first kappa shape index (κ1) is 13.9. The molecule has 1 fully saturated rings. The molecule has 3 heterocycles. The molecule has 0 amide bonds. The van der Waals surface area contributed by atoms with E-state index in [0.29, 0.717) is 0 Å². The van der Waals surface area contributed by atoms with Crippen LogP contribution in [0.3, 0.4) is 0 Å². The SMILES string of the molecule is COCC1OC(n2cnc3c(=O)[nH]c(N)nc32)[C@@H](O)C1O. The monoisotopic (exact) mass is 297 g/mol. The lowest BCUT2D eigenvalue weighted by molar-refractivity contribution is -0.0580. The quantitative estimate of drug-likeness (QED) is 0.506. The standard InChI is InChI=1S/C11H15N5O5/c1-20-2-4-6(17)7(18)10(21-4)16-3-13-5-8(16)14-11(12)15-9(5)19/h3-4,6-7,10,17-18H,2H2,1H3,(H3,12,14,15,19)/t4?,6?,7-,10?/m0/s1. The van der Waals surface area contributed by atoms with Crippen molar-refractivity contribution in [3.8, 4) is 0 Å². The largest absolute Gasteiger partial charge is 0.387 e. The first-order valence-electron chi connectivity index (χ1n) is 6.25. The first-order chi connectivity index (χ1) is 10.0. The Morgan fingerprint density at radius 2 is 2.29 bits per heavy atom. The Morgan fingerprint density at radius 1 is 1.52 bits per heavy atom. The van der Waals surface area contributed by atoms with E-state index >= 15 is 0 Å². The van der Waals surface area contributed by atoms with E-state index in [9.17, 15) is 15.0 Å². The van der Waals surface area contributed by atoms with Crippen LogP contribution in [-0.2, 0) is 9.47 Å². The number of aliphatic hydroxyl groups is 2. The summed E-state index contributed by atoms with van der Waals surface area (Å²) < 4.78 is 11.9. The first-order valence-corrected chi connectivity index (χ1v) is 6.25. The van der Waals surface area contributed by atoms with Crippen molar-refractivity contribution in [3.05, 3.63) is 16.7 Å². The van der Waals surface area contributed by atoms with E-state index in [1.54, 1.807) is 0 Å². The number of H-pyrrole nitrogens is 1. The topological polar surface area (TPSA) is 149 Å². The summed E-state index contributed by atoms with van der Waals surface area (Å²) in [7, 11) is 1.46. The number of aromatic amines is 1. The molecule has 5 N–H and O–H groups in total. The highest BCUT2D eigenvalue weighted by Crippen LogP contribution is 2.31. The minimum absolute atomic E-state index is 0.0734. The number of aliphatic hydroxyl groups excluding tert-OH is 2. The van der Waals surface area contributed by atoms with Crippen molar-refractivity contribution in [3.63, 3.8) is 0 Å². The molecule has 4 atom stereocenters. The van der Waals surface area contributed by atoms with Gasteiger partial charge in [0.25, 0.3) is 5.56 Å². The van der Waals surface area contributed by atoms with Gasteiger partial charge < -0.3 is 25.4 Å². The Morgan fingerprint density at radius 3 is 3.00 bits per heavy atom. The van der Waals surface area contributed by atoms with Gasteiger partial charge in [0.15, 0.2) is 17.4 Å². The van der Waals surface area contributed by atoms with Crippen LogP contribution in [0.4, 0.5) is 5.95 Å². The van der Waals surface area contributed by atoms with E-state index in [1.807, 2.05) is 0 Å². The van der Waals surface area contributed by atoms with Crippen molar-refractivity contribution < 1.29 is 19.7 Å². The normalized spacial score (nSPS) is 29.3. The summed E-state index contributed by atoms with van der Waals surface area (Å²) in [6, 6.07) is 0. The highest BCUT2D eigenvalue weighted by atomic mass is 16.6. The zero-order valence-electron chi connectivity index (χ0n) is 11.1. The third-order valence-electron chi connectivity index (χ3n) is 3.39. The molecule has 0 saturated carbocycles. The van der Waals surface area contributed by atoms with Crippen LogP contribution in [0.5, 0.6) is 0 Å². The maximum absolute atomic E-state index is 11.7. The predicted octanol–water partition coefficient (Wildman–Crippen LogP) is -2.03. The Bertz CT molecular complexity index is 713. The minimum Gasteiger partial charge on any atom is -0.387 e. The number of nitrogens with zero attached hydrogens (tertiary/aromatic N) is 3. The molecule has 0 spiro atoms. The van der Waals surface area contributed by atoms with Crippen LogP contribution in [0.25, 0.3) is 11.2 Å². The molecule has 3 rings (SSSR count). The van der Waals surface area contributed by atoms with Gasteiger partial charge in [0.1, 0.15) is 18.3 Å². The third-order valence-corrected chi connectivity index (χ3v) is 3.39. The van der Waals surface area contributed by atoms with E-state index in [1.165, 1.54) is 18.0 Å². The second-order valence-electron chi connectivity index (χ2n) is 4.78. The summed E-state index contributed by atoms with van der Waals surface area (Å²) in [5.74, 6) is -0.0734. The minimum atomic E-state index is -1.20. The number of methoxy groups -OCH3 is 1. The van der Waals surface area contributed by atoms with Crippen molar-refractivity contribution in [2.75, 3.05) is 19.5 Å². The molecule has 0 aromatic carbocycles. The van der Waals surface area contributed by atoms with E-state index in [2.05, 4.69) is 15.0 Å². The van der Waals surface area contributed by atoms with Crippen molar-refractivity contribution in [2.45, 2.75) is 24.5 Å². The van der Waals surface area contributed by atoms with E-state index < -0.39 is 30.1 Å². The maximum Gasteiger partial charge on any atom is 0.280 e. The number of imidazole rings is 1. The zero-order chi connectivity index (χ0) is 15.1. The average Bonchev–Trinajstić information content (AvgIpc) is 2.96. The molecule has 2 aromatic heterocycles. The number of nitrogens with two attached hydrogens (primary N) is 1. The molecule has 0 aliphatic carbocycles. The second-order valence-corrected chi connectivity index (χ2v) is 4.78. The lowest BCUT2D eigenvalue weighted by Gasteiger charge is -2.16. The number of rotatable bonds is 3. The number of anilines is 1. The summed E-state index contributed by atoms with van der Waals surface area (Å²) in [6.45, 7) is 0.123. The second kappa shape index (κ2) is 5.07. The Hall–Kier alpha value is -2.01. The average molecular weight is 297 g/mol. The molecule has 1 aliphatic heterocycles. The highest BCUT2D eigenvalue weighted by molar-refractivity contribution is 5.70. The number of hydrogen-bond donors (Lipinski definition) is 4. The summed E-state index contributed by atoms with van der Waals surface area (Å²) in [4.78, 5) is 22.0. The van der Waals surface area contributed by atoms with Crippen LogP contribution in [0.15, 0.2) is 11.1 Å². The molecular formula is C11H15N5O5. The molecule has 10 heteroatoms. The highest BCUT2D eigenvalue weighted by Gasteiger charge is 2.44. The number of fused-ring (bicyclic) bond motifs is 1. The summed E-state index contributed by atoms with van der Waals surface area (Å²) >= 11 is 0. The van der Waals surface area contributed by atoms with E-state index in [4.69, 9.17) is 15.2 Å². The number of nitrogens with one attached hydrogen (secondary N) is 1. The molecule has 3 unspecified atom stereocenters. The van der Waals surface area contributed by atoms with Gasteiger partial charge in [-0.1, -0.05) is 0 Å². The zero-order valence-corrected chi connectivity index (χ0v) is 11.1. The molecule has 0 radical (unpaired) electrons. The number of ether oxygens (including phenoxy) is 2.